The van der Waals surface area contributed by atoms with Gasteiger partial charge in [-0.05, 0) is 19.4 Å². The summed E-state index contributed by atoms with van der Waals surface area (Å²) in [6.45, 7) is 7.64. The summed E-state index contributed by atoms with van der Waals surface area (Å²) in [5.41, 5.74) is 2.33. The van der Waals surface area contributed by atoms with Crippen LogP contribution in [0.15, 0.2) is 30.5 Å². The summed E-state index contributed by atoms with van der Waals surface area (Å²) in [4.78, 5) is 26.4. The molecule has 1 aliphatic heterocycles. The van der Waals surface area contributed by atoms with E-state index in [1.165, 1.54) is 11.5 Å². The number of carbonyl (C=O) groups is 1. The minimum Gasteiger partial charge on any atom is -0.462 e. The van der Waals surface area contributed by atoms with Gasteiger partial charge in [-0.25, -0.2) is 9.78 Å². The Morgan fingerprint density at radius 1 is 1.14 bits per heavy atom. The summed E-state index contributed by atoms with van der Waals surface area (Å²) in [7, 11) is 0. The van der Waals surface area contributed by atoms with Gasteiger partial charge in [-0.3, -0.25) is 4.98 Å². The van der Waals surface area contributed by atoms with E-state index in [4.69, 9.17) is 4.74 Å². The number of para-hydroxylation sites is 1. The van der Waals surface area contributed by atoms with Crippen molar-refractivity contribution in [3.05, 3.63) is 41.9 Å². The van der Waals surface area contributed by atoms with E-state index in [1.54, 1.807) is 6.20 Å². The number of anilines is 2. The van der Waals surface area contributed by atoms with Crippen LogP contribution in [0.2, 0.25) is 0 Å². The van der Waals surface area contributed by atoms with Crippen molar-refractivity contribution in [3.8, 4) is 0 Å². The molecule has 3 heterocycles. The van der Waals surface area contributed by atoms with Crippen LogP contribution in [-0.2, 0) is 11.2 Å². The first kappa shape index (κ1) is 19.6. The molecule has 29 heavy (non-hydrogen) atoms. The zero-order valence-electron chi connectivity index (χ0n) is 16.8. The van der Waals surface area contributed by atoms with Crippen LogP contribution in [0.5, 0.6) is 0 Å². The van der Waals surface area contributed by atoms with Crippen LogP contribution < -0.4 is 9.80 Å². The Balaban J connectivity index is 1.66. The van der Waals surface area contributed by atoms with Gasteiger partial charge in [0.15, 0.2) is 0 Å². The van der Waals surface area contributed by atoms with Crippen molar-refractivity contribution >= 4 is 39.2 Å². The maximum Gasteiger partial charge on any atom is 0.341 e. The highest BCUT2D eigenvalue weighted by molar-refractivity contribution is 7.09. The number of fused-ring (bicyclic) bond motifs is 1. The fraction of sp³-hybridized carbons (Fsp3) is 0.429. The van der Waals surface area contributed by atoms with Crippen LogP contribution in [-0.4, -0.2) is 53.1 Å². The lowest BCUT2D eigenvalue weighted by atomic mass is 10.1. The summed E-state index contributed by atoms with van der Waals surface area (Å²) in [6.07, 6.45) is 3.47. The molecular formula is C21H25N5O2S. The van der Waals surface area contributed by atoms with Gasteiger partial charge in [0, 0.05) is 55.7 Å². The first-order chi connectivity index (χ1) is 14.2. The highest BCUT2D eigenvalue weighted by atomic mass is 32.1. The molecule has 0 spiro atoms. The number of ether oxygens (including phenoxy) is 1. The maximum absolute atomic E-state index is 12.6. The average molecular weight is 412 g/mol. The number of aromatic nitrogens is 3. The Morgan fingerprint density at radius 2 is 1.93 bits per heavy atom. The Labute approximate surface area is 174 Å². The Hall–Kier alpha value is -2.74. The molecule has 0 unspecified atom stereocenters. The lowest BCUT2D eigenvalue weighted by Crippen LogP contribution is -2.32. The van der Waals surface area contributed by atoms with Crippen molar-refractivity contribution in [3.63, 3.8) is 0 Å². The molecule has 0 N–H and O–H groups in total. The van der Waals surface area contributed by atoms with Crippen molar-refractivity contribution in [1.29, 1.82) is 0 Å². The molecule has 0 bridgehead atoms. The number of hydrogen-bond acceptors (Lipinski definition) is 8. The van der Waals surface area contributed by atoms with E-state index >= 15 is 0 Å². The summed E-state index contributed by atoms with van der Waals surface area (Å²) in [5, 5.41) is 1.96. The zero-order chi connectivity index (χ0) is 20.2. The standard InChI is InChI=1S/C21H25N5O2S/c1-3-18-23-21(29-24-18)26-11-7-10-25(12-13-26)19-15-8-5-6-9-17(15)22-14-16(19)20(27)28-4-2/h5-6,8-9,14H,3-4,7,10-13H2,1-2H3. The Kier molecular flexibility index (Phi) is 5.89. The summed E-state index contributed by atoms with van der Waals surface area (Å²) >= 11 is 1.47. The quantitative estimate of drug-likeness (QED) is 0.595. The Morgan fingerprint density at radius 3 is 2.72 bits per heavy atom. The largest absolute Gasteiger partial charge is 0.462 e. The third kappa shape index (κ3) is 4.03. The SMILES string of the molecule is CCOC(=O)c1cnc2ccccc2c1N1CCCN(c2nc(CC)ns2)CC1. The normalized spacial score (nSPS) is 14.8. The number of carbonyl (C=O) groups excluding carboxylic acids is 1. The first-order valence-electron chi connectivity index (χ1n) is 10.1. The summed E-state index contributed by atoms with van der Waals surface area (Å²) in [5.74, 6) is 0.578. The molecule has 0 amide bonds. The second-order valence-corrected chi connectivity index (χ2v) is 7.66. The molecule has 0 aliphatic carbocycles. The van der Waals surface area contributed by atoms with Crippen molar-refractivity contribution in [2.24, 2.45) is 0 Å². The van der Waals surface area contributed by atoms with E-state index in [1.807, 2.05) is 31.2 Å². The molecule has 3 aromatic rings. The monoisotopic (exact) mass is 411 g/mol. The minimum atomic E-state index is -0.321. The van der Waals surface area contributed by atoms with Crippen molar-refractivity contribution in [2.75, 3.05) is 42.6 Å². The molecule has 1 aromatic carbocycles. The predicted octanol–water partition coefficient (Wildman–Crippen LogP) is 3.54. The van der Waals surface area contributed by atoms with Crippen LogP contribution in [0.3, 0.4) is 0 Å². The van der Waals surface area contributed by atoms with Gasteiger partial charge in [-0.15, -0.1) is 0 Å². The predicted molar refractivity (Wildman–Crippen MR) is 116 cm³/mol. The van der Waals surface area contributed by atoms with E-state index in [9.17, 15) is 4.79 Å². The van der Waals surface area contributed by atoms with E-state index < -0.39 is 0 Å². The van der Waals surface area contributed by atoms with Gasteiger partial charge in [0.1, 0.15) is 11.4 Å². The van der Waals surface area contributed by atoms with Gasteiger partial charge < -0.3 is 14.5 Å². The molecule has 1 fully saturated rings. The number of rotatable bonds is 5. The van der Waals surface area contributed by atoms with Crippen LogP contribution >= 0.6 is 11.5 Å². The van der Waals surface area contributed by atoms with E-state index in [-0.39, 0.29) is 5.97 Å². The number of pyridine rings is 1. The fourth-order valence-electron chi connectivity index (χ4n) is 3.67. The molecule has 7 nitrogen and oxygen atoms in total. The third-order valence-electron chi connectivity index (χ3n) is 5.10. The van der Waals surface area contributed by atoms with Gasteiger partial charge in [-0.1, -0.05) is 25.1 Å². The molecule has 0 saturated carbocycles. The lowest BCUT2D eigenvalue weighted by molar-refractivity contribution is 0.0527. The van der Waals surface area contributed by atoms with Gasteiger partial charge in [0.2, 0.25) is 5.13 Å². The van der Waals surface area contributed by atoms with Gasteiger partial charge >= 0.3 is 5.97 Å². The average Bonchev–Trinajstić information content (AvgIpc) is 3.10. The molecule has 2 aromatic heterocycles. The fourth-order valence-corrected chi connectivity index (χ4v) is 4.48. The molecule has 1 aliphatic rings. The lowest BCUT2D eigenvalue weighted by Gasteiger charge is -2.26. The number of hydrogen-bond donors (Lipinski definition) is 0. The molecule has 152 valence electrons. The van der Waals surface area contributed by atoms with Gasteiger partial charge in [0.25, 0.3) is 0 Å². The number of benzene rings is 1. The summed E-state index contributed by atoms with van der Waals surface area (Å²) < 4.78 is 9.73. The van der Waals surface area contributed by atoms with Crippen LogP contribution in [0.4, 0.5) is 10.8 Å². The minimum absolute atomic E-state index is 0.321. The van der Waals surface area contributed by atoms with Crippen LogP contribution in [0.1, 0.15) is 36.5 Å². The second kappa shape index (κ2) is 8.73. The number of aryl methyl sites for hydroxylation is 1. The van der Waals surface area contributed by atoms with Gasteiger partial charge in [-0.2, -0.15) is 4.37 Å². The highest BCUT2D eigenvalue weighted by Gasteiger charge is 2.24. The number of nitrogens with zero attached hydrogens (tertiary/aromatic N) is 5. The van der Waals surface area contributed by atoms with Gasteiger partial charge in [0.05, 0.1) is 17.8 Å². The maximum atomic E-state index is 12.6. The Bertz CT molecular complexity index is 1010. The molecular weight excluding hydrogens is 386 g/mol. The zero-order valence-corrected chi connectivity index (χ0v) is 17.6. The van der Waals surface area contributed by atoms with Crippen LogP contribution in [0, 0.1) is 0 Å². The topological polar surface area (TPSA) is 71.5 Å². The summed E-state index contributed by atoms with van der Waals surface area (Å²) in [6, 6.07) is 7.96. The molecule has 8 heteroatoms. The highest BCUT2D eigenvalue weighted by Crippen LogP contribution is 2.31. The first-order valence-corrected chi connectivity index (χ1v) is 10.9. The van der Waals surface area contributed by atoms with Crippen molar-refractivity contribution in [2.45, 2.75) is 26.7 Å². The number of esters is 1. The van der Waals surface area contributed by atoms with Crippen LogP contribution in [0.25, 0.3) is 10.9 Å². The smallest absolute Gasteiger partial charge is 0.341 e. The van der Waals surface area contributed by atoms with Crippen molar-refractivity contribution in [1.82, 2.24) is 14.3 Å². The molecule has 0 radical (unpaired) electrons. The van der Waals surface area contributed by atoms with E-state index in [0.29, 0.717) is 12.2 Å². The van der Waals surface area contributed by atoms with Crippen molar-refractivity contribution < 1.29 is 9.53 Å². The third-order valence-corrected chi connectivity index (χ3v) is 5.91. The molecule has 0 atom stereocenters. The second-order valence-electron chi connectivity index (χ2n) is 6.93. The molecule has 1 saturated heterocycles. The van der Waals surface area contributed by atoms with E-state index in [2.05, 4.69) is 31.1 Å². The van der Waals surface area contributed by atoms with E-state index in [0.717, 1.165) is 66.6 Å². The molecule has 4 rings (SSSR count).